The number of benzene rings is 1. The highest BCUT2D eigenvalue weighted by molar-refractivity contribution is 5.72. The maximum atomic E-state index is 12.2. The predicted molar refractivity (Wildman–Crippen MR) is 107 cm³/mol. The second-order valence-electron chi connectivity index (χ2n) is 6.97. The molecule has 0 radical (unpaired) electrons. The summed E-state index contributed by atoms with van der Waals surface area (Å²) in [6.07, 6.45) is 9.17. The summed E-state index contributed by atoms with van der Waals surface area (Å²) in [5.74, 6) is 2.44. The lowest BCUT2D eigenvalue weighted by Gasteiger charge is -2.21. The Balaban J connectivity index is 0.00000151. The van der Waals surface area contributed by atoms with Gasteiger partial charge in [-0.15, -0.1) is 0 Å². The van der Waals surface area contributed by atoms with Crippen LogP contribution in [0.4, 0.5) is 0 Å². The fraction of sp³-hybridized carbons (Fsp3) is 0.696. The van der Waals surface area contributed by atoms with Crippen molar-refractivity contribution in [2.45, 2.75) is 91.9 Å². The number of rotatable bonds is 8. The molecule has 0 N–H and O–H groups in total. The molecule has 2 nitrogen and oxygen atoms in total. The quantitative estimate of drug-likeness (QED) is 0.370. The van der Waals surface area contributed by atoms with E-state index in [9.17, 15) is 4.79 Å². The fourth-order valence-electron chi connectivity index (χ4n) is 4.03. The van der Waals surface area contributed by atoms with Crippen LogP contribution in [0.5, 0.6) is 5.75 Å². The molecule has 1 aromatic rings. The van der Waals surface area contributed by atoms with E-state index in [1.54, 1.807) is 0 Å². The molecule has 1 saturated carbocycles. The topological polar surface area (TPSA) is 26.3 Å². The molecule has 1 fully saturated rings. The molecule has 0 aliphatic heterocycles. The predicted octanol–water partition coefficient (Wildman–Crippen LogP) is 7.13. The van der Waals surface area contributed by atoms with E-state index in [4.69, 9.17) is 4.74 Å². The minimum Gasteiger partial charge on any atom is -0.427 e. The monoisotopic (exact) mass is 346 g/mol. The second kappa shape index (κ2) is 12.1. The summed E-state index contributed by atoms with van der Waals surface area (Å²) in [4.78, 5) is 12.2. The van der Waals surface area contributed by atoms with Crippen molar-refractivity contribution < 1.29 is 9.53 Å². The van der Waals surface area contributed by atoms with E-state index in [-0.39, 0.29) is 5.97 Å². The van der Waals surface area contributed by atoms with Gasteiger partial charge in [-0.2, -0.15) is 0 Å². The van der Waals surface area contributed by atoms with Crippen molar-refractivity contribution in [2.75, 3.05) is 0 Å². The number of ether oxygens (including phenoxy) is 1. The summed E-state index contributed by atoms with van der Waals surface area (Å²) in [7, 11) is 0. The Morgan fingerprint density at radius 3 is 2.04 bits per heavy atom. The molecule has 0 saturated heterocycles. The minimum absolute atomic E-state index is 0.0703. The van der Waals surface area contributed by atoms with Crippen LogP contribution < -0.4 is 4.74 Å². The lowest BCUT2D eigenvalue weighted by atomic mass is 9.86. The maximum Gasteiger partial charge on any atom is 0.311 e. The summed E-state index contributed by atoms with van der Waals surface area (Å²) < 4.78 is 5.57. The Kier molecular flexibility index (Phi) is 10.5. The van der Waals surface area contributed by atoms with E-state index in [1.165, 1.54) is 31.2 Å². The number of hydrogen-bond acceptors (Lipinski definition) is 2. The van der Waals surface area contributed by atoms with Gasteiger partial charge in [0.15, 0.2) is 0 Å². The Hall–Kier alpha value is -1.31. The van der Waals surface area contributed by atoms with Gasteiger partial charge in [0.05, 0.1) is 0 Å². The van der Waals surface area contributed by atoms with Crippen LogP contribution in [0, 0.1) is 11.8 Å². The first-order chi connectivity index (χ1) is 12.2. The van der Waals surface area contributed by atoms with Gasteiger partial charge in [0.1, 0.15) is 5.75 Å². The lowest BCUT2D eigenvalue weighted by molar-refractivity contribution is -0.135. The molecule has 1 aliphatic carbocycles. The molecule has 0 heterocycles. The first kappa shape index (κ1) is 21.7. The third kappa shape index (κ3) is 6.84. The normalized spacial score (nSPS) is 15.6. The molecule has 1 aromatic carbocycles. The fourth-order valence-corrected chi connectivity index (χ4v) is 4.03. The minimum atomic E-state index is -0.0703. The molecule has 142 valence electrons. The average Bonchev–Trinajstić information content (AvgIpc) is 3.18. The summed E-state index contributed by atoms with van der Waals surface area (Å²) in [6.45, 7) is 10.6. The van der Waals surface area contributed by atoms with Crippen molar-refractivity contribution in [3.05, 3.63) is 29.8 Å². The van der Waals surface area contributed by atoms with Gasteiger partial charge < -0.3 is 4.74 Å². The molecule has 1 unspecified atom stereocenters. The van der Waals surface area contributed by atoms with Crippen molar-refractivity contribution >= 4 is 5.97 Å². The molecule has 1 aliphatic rings. The highest BCUT2D eigenvalue weighted by Gasteiger charge is 2.26. The Bertz CT molecular complexity index is 467. The van der Waals surface area contributed by atoms with E-state index in [0.29, 0.717) is 24.0 Å². The van der Waals surface area contributed by atoms with E-state index < -0.39 is 0 Å². The summed E-state index contributed by atoms with van der Waals surface area (Å²) >= 11 is 0. The van der Waals surface area contributed by atoms with Crippen molar-refractivity contribution in [1.29, 1.82) is 0 Å². The van der Waals surface area contributed by atoms with E-state index in [0.717, 1.165) is 25.2 Å². The van der Waals surface area contributed by atoms with Gasteiger partial charge >= 0.3 is 5.97 Å². The van der Waals surface area contributed by atoms with Crippen molar-refractivity contribution in [3.63, 3.8) is 0 Å². The second-order valence-corrected chi connectivity index (χ2v) is 6.97. The van der Waals surface area contributed by atoms with Gasteiger partial charge in [-0.1, -0.05) is 78.9 Å². The van der Waals surface area contributed by atoms with Crippen LogP contribution in [0.1, 0.15) is 97.5 Å². The van der Waals surface area contributed by atoms with Crippen molar-refractivity contribution in [1.82, 2.24) is 0 Å². The lowest BCUT2D eigenvalue weighted by Crippen LogP contribution is -2.19. The molecule has 0 spiro atoms. The van der Waals surface area contributed by atoms with Gasteiger partial charge in [-0.25, -0.2) is 0 Å². The van der Waals surface area contributed by atoms with Gasteiger partial charge in [0, 0.05) is 6.42 Å². The zero-order valence-corrected chi connectivity index (χ0v) is 17.0. The average molecular weight is 347 g/mol. The molecule has 2 heteroatoms. The van der Waals surface area contributed by atoms with Crippen LogP contribution in [0.25, 0.3) is 0 Å². The number of hydrogen-bond donors (Lipinski definition) is 0. The summed E-state index contributed by atoms with van der Waals surface area (Å²) in [6, 6.07) is 8.10. The molecule has 1 atom stereocenters. The van der Waals surface area contributed by atoms with Gasteiger partial charge in [0.25, 0.3) is 0 Å². The third-order valence-electron chi connectivity index (χ3n) is 5.59. The van der Waals surface area contributed by atoms with Crippen LogP contribution in [-0.2, 0) is 4.79 Å². The highest BCUT2D eigenvalue weighted by Crippen LogP contribution is 2.35. The molecule has 25 heavy (non-hydrogen) atoms. The van der Waals surface area contributed by atoms with E-state index >= 15 is 0 Å². The smallest absolute Gasteiger partial charge is 0.311 e. The van der Waals surface area contributed by atoms with Crippen molar-refractivity contribution in [2.24, 2.45) is 11.8 Å². The zero-order valence-electron chi connectivity index (χ0n) is 17.0. The zero-order chi connectivity index (χ0) is 18.7. The van der Waals surface area contributed by atoms with Gasteiger partial charge in [-0.05, 0) is 48.3 Å². The van der Waals surface area contributed by atoms with Crippen LogP contribution >= 0.6 is 0 Å². The van der Waals surface area contributed by atoms with Crippen LogP contribution in [0.2, 0.25) is 0 Å². The summed E-state index contributed by atoms with van der Waals surface area (Å²) in [5.41, 5.74) is 1.34. The molecule has 0 bridgehead atoms. The van der Waals surface area contributed by atoms with E-state index in [2.05, 4.69) is 32.9 Å². The van der Waals surface area contributed by atoms with E-state index in [1.807, 2.05) is 26.0 Å². The molecular weight excluding hydrogens is 308 g/mol. The Morgan fingerprint density at radius 1 is 1.00 bits per heavy atom. The molecular formula is C23H38O2. The number of carbonyl (C=O) groups excluding carboxylic acids is 1. The largest absolute Gasteiger partial charge is 0.427 e. The Labute approximate surface area is 155 Å². The van der Waals surface area contributed by atoms with Crippen molar-refractivity contribution in [3.8, 4) is 5.75 Å². The van der Waals surface area contributed by atoms with Crippen LogP contribution in [0.3, 0.4) is 0 Å². The number of esters is 1. The standard InChI is InChI=1S/C21H32O2.C2H6/c1-4-16(5-2)19-11-13-20(14-12-19)23-21(22)15-17(6-3)18-9-7-8-10-18;1-2/h11-14,16-18H,4-10,15H2,1-3H3;1-2H3. The molecule has 0 amide bonds. The van der Waals surface area contributed by atoms with Crippen LogP contribution in [-0.4, -0.2) is 5.97 Å². The van der Waals surface area contributed by atoms with Gasteiger partial charge in [-0.3, -0.25) is 4.79 Å². The molecule has 0 aromatic heterocycles. The highest BCUT2D eigenvalue weighted by atomic mass is 16.5. The number of carbonyl (C=O) groups is 1. The third-order valence-corrected chi connectivity index (χ3v) is 5.59. The SMILES string of the molecule is CC.CCC(CC)c1ccc(OC(=O)CC(CC)C2CCCC2)cc1. The molecule has 2 rings (SSSR count). The summed E-state index contributed by atoms with van der Waals surface area (Å²) in [5, 5.41) is 0. The van der Waals surface area contributed by atoms with Crippen LogP contribution in [0.15, 0.2) is 24.3 Å². The first-order valence-corrected chi connectivity index (χ1v) is 10.5. The van der Waals surface area contributed by atoms with Gasteiger partial charge in [0.2, 0.25) is 0 Å². The first-order valence-electron chi connectivity index (χ1n) is 10.5. The maximum absolute atomic E-state index is 12.2. The Morgan fingerprint density at radius 2 is 1.56 bits per heavy atom.